The van der Waals surface area contributed by atoms with Crippen LogP contribution in [0, 0.1) is 18.2 Å². The molecule has 0 radical (unpaired) electrons. The maximum atomic E-state index is 13.4. The van der Waals surface area contributed by atoms with E-state index in [0.717, 1.165) is 11.0 Å². The number of nitrogens with one attached hydrogen (secondary N) is 1. The quantitative estimate of drug-likeness (QED) is 0.394. The van der Waals surface area contributed by atoms with Gasteiger partial charge in [-0.05, 0) is 54.5 Å². The molecule has 2 heterocycles. The van der Waals surface area contributed by atoms with Crippen molar-refractivity contribution in [2.75, 3.05) is 4.90 Å². The van der Waals surface area contributed by atoms with E-state index in [2.05, 4.69) is 11.2 Å². The van der Waals surface area contributed by atoms with Gasteiger partial charge in [0.05, 0.1) is 5.69 Å². The Labute approximate surface area is 141 Å². The molecule has 7 heteroatoms. The molecule has 3 rings (SSSR count). The maximum absolute atomic E-state index is 13.4. The van der Waals surface area contributed by atoms with Crippen LogP contribution in [0.1, 0.15) is 11.5 Å². The summed E-state index contributed by atoms with van der Waals surface area (Å²) in [5.74, 6) is 0.922. The minimum Gasteiger partial charge on any atom is -0.448 e. The summed E-state index contributed by atoms with van der Waals surface area (Å²) in [6.07, 6.45) is 6.47. The van der Waals surface area contributed by atoms with Gasteiger partial charge >= 0.3 is 0 Å². The topological polar surface area (TPSA) is 62.6 Å². The van der Waals surface area contributed by atoms with Crippen molar-refractivity contribution in [3.63, 3.8) is 0 Å². The smallest absolute Gasteiger partial charge is 0.270 e. The molecule has 1 saturated heterocycles. The molecule has 1 N–H and O–H groups in total. The number of thiocarbonyl (C=S) groups is 1. The van der Waals surface area contributed by atoms with Crippen LogP contribution < -0.4 is 10.2 Å². The molecular formula is C17H9FN2O3S. The van der Waals surface area contributed by atoms with E-state index in [0.29, 0.717) is 0 Å². The van der Waals surface area contributed by atoms with E-state index in [1.807, 2.05) is 0 Å². The first-order valence-electron chi connectivity index (χ1n) is 6.73. The monoisotopic (exact) mass is 340 g/mol. The van der Waals surface area contributed by atoms with Gasteiger partial charge in [0.25, 0.3) is 11.8 Å². The summed E-state index contributed by atoms with van der Waals surface area (Å²) in [5, 5.41) is 2.27. The van der Waals surface area contributed by atoms with E-state index < -0.39 is 17.6 Å². The van der Waals surface area contributed by atoms with E-state index in [-0.39, 0.29) is 27.9 Å². The first kappa shape index (κ1) is 15.6. The van der Waals surface area contributed by atoms with Crippen LogP contribution in [-0.4, -0.2) is 16.9 Å². The van der Waals surface area contributed by atoms with Crippen LogP contribution in [0.3, 0.4) is 0 Å². The highest BCUT2D eigenvalue weighted by Crippen LogP contribution is 2.23. The van der Waals surface area contributed by atoms with Crippen LogP contribution in [0.4, 0.5) is 10.1 Å². The van der Waals surface area contributed by atoms with E-state index in [9.17, 15) is 14.0 Å². The predicted molar refractivity (Wildman–Crippen MR) is 89.2 cm³/mol. The maximum Gasteiger partial charge on any atom is 0.270 e. The molecule has 1 fully saturated rings. The number of amides is 2. The van der Waals surface area contributed by atoms with Crippen molar-refractivity contribution >= 4 is 40.9 Å². The number of hydrogen-bond donors (Lipinski definition) is 1. The Kier molecular flexibility index (Phi) is 3.98. The van der Waals surface area contributed by atoms with Crippen LogP contribution in [-0.2, 0) is 9.59 Å². The number of benzene rings is 1. The lowest BCUT2D eigenvalue weighted by Crippen LogP contribution is -2.54. The highest BCUT2D eigenvalue weighted by Gasteiger charge is 2.34. The first-order chi connectivity index (χ1) is 11.5. The Morgan fingerprint density at radius 1 is 1.29 bits per heavy atom. The fourth-order valence-corrected chi connectivity index (χ4v) is 2.44. The van der Waals surface area contributed by atoms with Gasteiger partial charge in [0.1, 0.15) is 17.2 Å². The number of anilines is 1. The zero-order valence-corrected chi connectivity index (χ0v) is 12.9. The molecule has 2 amide bonds. The van der Waals surface area contributed by atoms with E-state index in [1.54, 1.807) is 0 Å². The lowest BCUT2D eigenvalue weighted by atomic mass is 10.1. The van der Waals surface area contributed by atoms with Gasteiger partial charge in [-0.3, -0.25) is 19.8 Å². The van der Waals surface area contributed by atoms with Gasteiger partial charge in [-0.2, -0.15) is 0 Å². The normalized spacial score (nSPS) is 16.2. The average Bonchev–Trinajstić information content (AvgIpc) is 2.99. The molecule has 0 atom stereocenters. The third-order valence-corrected chi connectivity index (χ3v) is 3.51. The molecule has 1 aliphatic rings. The summed E-state index contributed by atoms with van der Waals surface area (Å²) in [4.78, 5) is 25.8. The van der Waals surface area contributed by atoms with E-state index in [4.69, 9.17) is 23.1 Å². The Hall–Kier alpha value is -3.24. The molecule has 1 aliphatic heterocycles. The summed E-state index contributed by atoms with van der Waals surface area (Å²) in [6, 6.07) is 8.38. The number of carbonyl (C=O) groups is 2. The van der Waals surface area contributed by atoms with Gasteiger partial charge in [0, 0.05) is 0 Å². The predicted octanol–water partition coefficient (Wildman–Crippen LogP) is 2.23. The average molecular weight is 340 g/mol. The molecule has 1 aromatic carbocycles. The highest BCUT2D eigenvalue weighted by molar-refractivity contribution is 7.80. The molecule has 1 aromatic heterocycles. The standard InChI is InChI=1S/C17H9FN2O3S/c1-2-12-6-7-13(23-12)9-14-15(21)19-17(24)20(16(14)22)11-5-3-4-10(18)8-11/h1,3-9H,(H,19,21,24)/b14-9+. The third-order valence-electron chi connectivity index (χ3n) is 3.22. The molecule has 118 valence electrons. The fraction of sp³-hybridized carbons (Fsp3) is 0. The molecule has 2 aromatic rings. The van der Waals surface area contributed by atoms with Crippen LogP contribution in [0.5, 0.6) is 0 Å². The zero-order chi connectivity index (χ0) is 17.3. The van der Waals surface area contributed by atoms with Crippen molar-refractivity contribution in [3.05, 3.63) is 59.3 Å². The second-order valence-electron chi connectivity index (χ2n) is 4.78. The van der Waals surface area contributed by atoms with Gasteiger partial charge in [0.15, 0.2) is 10.9 Å². The van der Waals surface area contributed by atoms with Crippen LogP contribution >= 0.6 is 12.2 Å². The molecule has 0 unspecified atom stereocenters. The highest BCUT2D eigenvalue weighted by atomic mass is 32.1. The Morgan fingerprint density at radius 2 is 2.08 bits per heavy atom. The number of hydrogen-bond acceptors (Lipinski definition) is 4. The minimum absolute atomic E-state index is 0.128. The second kappa shape index (κ2) is 6.10. The number of furan rings is 1. The SMILES string of the molecule is C#Cc1ccc(/C=C2\C(=O)NC(=S)N(c3cccc(F)c3)C2=O)o1. The Balaban J connectivity index is 2.01. The fourth-order valence-electron chi connectivity index (χ4n) is 2.16. The second-order valence-corrected chi connectivity index (χ2v) is 5.17. The number of nitrogens with zero attached hydrogens (tertiary/aromatic N) is 1. The van der Waals surface area contributed by atoms with E-state index in [1.165, 1.54) is 36.4 Å². The molecule has 24 heavy (non-hydrogen) atoms. The Morgan fingerprint density at radius 3 is 2.75 bits per heavy atom. The van der Waals surface area contributed by atoms with Crippen LogP contribution in [0.15, 0.2) is 46.4 Å². The minimum atomic E-state index is -0.687. The molecule has 0 spiro atoms. The zero-order valence-electron chi connectivity index (χ0n) is 12.1. The molecule has 0 aliphatic carbocycles. The Bertz CT molecular complexity index is 939. The molecular weight excluding hydrogens is 331 g/mol. The van der Waals surface area contributed by atoms with Gasteiger partial charge in [0.2, 0.25) is 0 Å². The lowest BCUT2D eigenvalue weighted by molar-refractivity contribution is -0.122. The summed E-state index contributed by atoms with van der Waals surface area (Å²) in [6.45, 7) is 0. The van der Waals surface area contributed by atoms with Crippen molar-refractivity contribution < 1.29 is 18.4 Å². The van der Waals surface area contributed by atoms with Crippen molar-refractivity contribution in [1.82, 2.24) is 5.32 Å². The number of terminal acetylenes is 1. The van der Waals surface area contributed by atoms with Crippen molar-refractivity contribution in [2.24, 2.45) is 0 Å². The number of carbonyl (C=O) groups excluding carboxylic acids is 2. The third kappa shape index (κ3) is 2.83. The molecule has 0 bridgehead atoms. The summed E-state index contributed by atoms with van der Waals surface area (Å²) < 4.78 is 18.7. The number of rotatable bonds is 2. The number of halogens is 1. The van der Waals surface area contributed by atoms with Crippen LogP contribution in [0.25, 0.3) is 6.08 Å². The first-order valence-corrected chi connectivity index (χ1v) is 7.14. The largest absolute Gasteiger partial charge is 0.448 e. The molecule has 0 saturated carbocycles. The van der Waals surface area contributed by atoms with Gasteiger partial charge in [-0.1, -0.05) is 6.07 Å². The van der Waals surface area contributed by atoms with Gasteiger partial charge < -0.3 is 4.42 Å². The van der Waals surface area contributed by atoms with Crippen LogP contribution in [0.2, 0.25) is 0 Å². The van der Waals surface area contributed by atoms with Crippen molar-refractivity contribution in [3.8, 4) is 12.3 Å². The summed E-state index contributed by atoms with van der Waals surface area (Å²) in [5.41, 5.74) is 0.00504. The van der Waals surface area contributed by atoms with Gasteiger partial charge in [-0.25, -0.2) is 4.39 Å². The summed E-state index contributed by atoms with van der Waals surface area (Å²) >= 11 is 5.02. The van der Waals surface area contributed by atoms with Crippen molar-refractivity contribution in [2.45, 2.75) is 0 Å². The van der Waals surface area contributed by atoms with E-state index >= 15 is 0 Å². The molecule has 5 nitrogen and oxygen atoms in total. The summed E-state index contributed by atoms with van der Waals surface area (Å²) in [7, 11) is 0. The lowest BCUT2D eigenvalue weighted by Gasteiger charge is -2.28. The van der Waals surface area contributed by atoms with Gasteiger partial charge in [-0.15, -0.1) is 6.42 Å². The van der Waals surface area contributed by atoms with Crippen molar-refractivity contribution in [1.29, 1.82) is 0 Å².